The molecule has 3 aromatic rings. The van der Waals surface area contributed by atoms with Gasteiger partial charge in [-0.05, 0) is 55.1 Å². The molecular formula is C19H22N4OS. The Kier molecular flexibility index (Phi) is 4.65. The summed E-state index contributed by atoms with van der Waals surface area (Å²) >= 11 is 1.77. The Labute approximate surface area is 151 Å². The lowest BCUT2D eigenvalue weighted by molar-refractivity contribution is 0.0477. The molecule has 3 aromatic heterocycles. The predicted molar refractivity (Wildman–Crippen MR) is 99.1 cm³/mol. The molecule has 1 fully saturated rings. The number of likely N-dealkylation sites (tertiary alicyclic amines) is 1. The number of aliphatic hydroxyl groups excluding tert-OH is 1. The van der Waals surface area contributed by atoms with Crippen molar-refractivity contribution in [2.75, 3.05) is 13.1 Å². The van der Waals surface area contributed by atoms with Crippen LogP contribution in [-0.4, -0.2) is 43.7 Å². The number of thiophene rings is 1. The standard InChI is InChI=1S/C19H22N4OS/c1-14-6-11-25-18(14)16-5-10-22(13-17(16)24)12-15-4-2-9-23(15)19-20-7-3-8-21-19/h2-4,6-9,11,16-17,24H,5,10,12-13H2,1H3/t16-,17-/m1/s1. The Hall–Kier alpha value is -2.02. The second-order valence-electron chi connectivity index (χ2n) is 6.58. The molecule has 0 radical (unpaired) electrons. The molecule has 1 N–H and O–H groups in total. The lowest BCUT2D eigenvalue weighted by atomic mass is 9.90. The summed E-state index contributed by atoms with van der Waals surface area (Å²) in [5.41, 5.74) is 2.45. The zero-order valence-electron chi connectivity index (χ0n) is 14.2. The second kappa shape index (κ2) is 7.07. The molecule has 0 spiro atoms. The Bertz CT molecular complexity index is 829. The predicted octanol–water partition coefficient (Wildman–Crippen LogP) is 2.99. The molecule has 0 aliphatic carbocycles. The third-order valence-corrected chi connectivity index (χ3v) is 6.04. The summed E-state index contributed by atoms with van der Waals surface area (Å²) in [5.74, 6) is 0.952. The highest BCUT2D eigenvalue weighted by atomic mass is 32.1. The van der Waals surface area contributed by atoms with Gasteiger partial charge < -0.3 is 5.11 Å². The van der Waals surface area contributed by atoms with Crippen LogP contribution in [0.15, 0.2) is 48.2 Å². The molecule has 0 saturated carbocycles. The van der Waals surface area contributed by atoms with Crippen molar-refractivity contribution in [3.8, 4) is 5.95 Å². The van der Waals surface area contributed by atoms with Crippen LogP contribution in [0.2, 0.25) is 0 Å². The van der Waals surface area contributed by atoms with Gasteiger partial charge >= 0.3 is 0 Å². The molecule has 2 atom stereocenters. The van der Waals surface area contributed by atoms with Gasteiger partial charge in [0.2, 0.25) is 5.95 Å². The maximum atomic E-state index is 10.7. The van der Waals surface area contributed by atoms with E-state index < -0.39 is 0 Å². The normalized spacial score (nSPS) is 21.5. The molecule has 1 saturated heterocycles. The van der Waals surface area contributed by atoms with E-state index in [-0.39, 0.29) is 12.0 Å². The number of rotatable bonds is 4. The zero-order valence-corrected chi connectivity index (χ0v) is 15.1. The summed E-state index contributed by atoms with van der Waals surface area (Å²) < 4.78 is 2.02. The highest BCUT2D eigenvalue weighted by molar-refractivity contribution is 7.10. The van der Waals surface area contributed by atoms with Crippen LogP contribution in [-0.2, 0) is 6.54 Å². The zero-order chi connectivity index (χ0) is 17.2. The molecular weight excluding hydrogens is 332 g/mol. The highest BCUT2D eigenvalue weighted by Crippen LogP contribution is 2.34. The van der Waals surface area contributed by atoms with Crippen LogP contribution < -0.4 is 0 Å². The van der Waals surface area contributed by atoms with Crippen LogP contribution in [0.25, 0.3) is 5.95 Å². The van der Waals surface area contributed by atoms with E-state index in [2.05, 4.69) is 39.3 Å². The molecule has 25 heavy (non-hydrogen) atoms. The lowest BCUT2D eigenvalue weighted by Crippen LogP contribution is -2.42. The first-order valence-corrected chi connectivity index (χ1v) is 9.48. The maximum absolute atomic E-state index is 10.7. The van der Waals surface area contributed by atoms with Crippen LogP contribution in [0.5, 0.6) is 0 Å². The molecule has 6 heteroatoms. The maximum Gasteiger partial charge on any atom is 0.233 e. The first-order valence-electron chi connectivity index (χ1n) is 8.60. The fourth-order valence-corrected chi connectivity index (χ4v) is 4.72. The van der Waals surface area contributed by atoms with Crippen molar-refractivity contribution in [2.45, 2.75) is 31.9 Å². The van der Waals surface area contributed by atoms with Crippen molar-refractivity contribution < 1.29 is 5.11 Å². The molecule has 130 valence electrons. The van der Waals surface area contributed by atoms with Crippen molar-refractivity contribution in [2.24, 2.45) is 0 Å². The molecule has 0 bridgehead atoms. The van der Waals surface area contributed by atoms with Gasteiger partial charge in [-0.1, -0.05) is 0 Å². The van der Waals surface area contributed by atoms with Gasteiger partial charge in [0.15, 0.2) is 0 Å². The average molecular weight is 354 g/mol. The number of nitrogens with zero attached hydrogens (tertiary/aromatic N) is 4. The van der Waals surface area contributed by atoms with Crippen LogP contribution in [0.1, 0.15) is 28.5 Å². The van der Waals surface area contributed by atoms with Gasteiger partial charge in [-0.3, -0.25) is 9.47 Å². The quantitative estimate of drug-likeness (QED) is 0.783. The monoisotopic (exact) mass is 354 g/mol. The Balaban J connectivity index is 1.46. The Morgan fingerprint density at radius 3 is 2.80 bits per heavy atom. The number of hydrogen-bond donors (Lipinski definition) is 1. The largest absolute Gasteiger partial charge is 0.391 e. The van der Waals surface area contributed by atoms with Crippen LogP contribution >= 0.6 is 11.3 Å². The Morgan fingerprint density at radius 2 is 2.08 bits per heavy atom. The molecule has 0 amide bonds. The summed E-state index contributed by atoms with van der Waals surface area (Å²) in [7, 11) is 0. The van der Waals surface area contributed by atoms with Gasteiger partial charge in [-0.25, -0.2) is 9.97 Å². The number of piperidine rings is 1. The Morgan fingerprint density at radius 1 is 1.24 bits per heavy atom. The van der Waals surface area contributed by atoms with E-state index in [1.54, 1.807) is 23.7 Å². The fraction of sp³-hybridized carbons (Fsp3) is 0.368. The molecule has 1 aliphatic heterocycles. The van der Waals surface area contributed by atoms with Crippen LogP contribution in [0, 0.1) is 6.92 Å². The fourth-order valence-electron chi connectivity index (χ4n) is 3.60. The number of aryl methyl sites for hydroxylation is 1. The van der Waals surface area contributed by atoms with Crippen molar-refractivity contribution >= 4 is 11.3 Å². The smallest absolute Gasteiger partial charge is 0.233 e. The van der Waals surface area contributed by atoms with E-state index in [0.29, 0.717) is 12.5 Å². The van der Waals surface area contributed by atoms with Crippen LogP contribution in [0.3, 0.4) is 0 Å². The van der Waals surface area contributed by atoms with Gasteiger partial charge in [-0.15, -0.1) is 11.3 Å². The van der Waals surface area contributed by atoms with E-state index in [1.807, 2.05) is 22.9 Å². The molecule has 4 rings (SSSR count). The summed E-state index contributed by atoms with van der Waals surface area (Å²) in [5, 5.41) is 12.8. The van der Waals surface area contributed by atoms with E-state index in [1.165, 1.54) is 10.4 Å². The van der Waals surface area contributed by atoms with Crippen molar-refractivity contribution in [1.29, 1.82) is 0 Å². The number of aliphatic hydroxyl groups is 1. The van der Waals surface area contributed by atoms with E-state index in [0.717, 1.165) is 25.2 Å². The van der Waals surface area contributed by atoms with Gasteiger partial charge in [0, 0.05) is 48.2 Å². The topological polar surface area (TPSA) is 54.2 Å². The minimum atomic E-state index is -0.317. The lowest BCUT2D eigenvalue weighted by Gasteiger charge is -2.36. The van der Waals surface area contributed by atoms with E-state index in [4.69, 9.17) is 0 Å². The minimum absolute atomic E-state index is 0.264. The summed E-state index contributed by atoms with van der Waals surface area (Å²) in [6.45, 7) is 4.61. The van der Waals surface area contributed by atoms with Crippen molar-refractivity contribution in [3.05, 3.63) is 64.4 Å². The molecule has 0 aromatic carbocycles. The number of aromatic nitrogens is 3. The molecule has 5 nitrogen and oxygen atoms in total. The van der Waals surface area contributed by atoms with Crippen molar-refractivity contribution in [1.82, 2.24) is 19.4 Å². The molecule has 0 unspecified atom stereocenters. The van der Waals surface area contributed by atoms with Gasteiger partial charge in [0.25, 0.3) is 0 Å². The first-order chi connectivity index (χ1) is 12.2. The highest BCUT2D eigenvalue weighted by Gasteiger charge is 2.30. The average Bonchev–Trinajstić information content (AvgIpc) is 3.25. The van der Waals surface area contributed by atoms with E-state index >= 15 is 0 Å². The van der Waals surface area contributed by atoms with Crippen LogP contribution in [0.4, 0.5) is 0 Å². The van der Waals surface area contributed by atoms with E-state index in [9.17, 15) is 5.11 Å². The first kappa shape index (κ1) is 16.4. The third-order valence-electron chi connectivity index (χ3n) is 4.89. The summed E-state index contributed by atoms with van der Waals surface area (Å²) in [6, 6.07) is 8.08. The SMILES string of the molecule is Cc1ccsc1[C@@H]1CCN(Cc2cccn2-c2ncccn2)C[C@H]1O. The molecule has 1 aliphatic rings. The summed E-state index contributed by atoms with van der Waals surface area (Å²) in [6.07, 6.45) is 6.17. The third kappa shape index (κ3) is 3.38. The number of β-amino-alcohol motifs (C(OH)–C–C–N with tert-alkyl or cyclic N) is 1. The van der Waals surface area contributed by atoms with Crippen molar-refractivity contribution in [3.63, 3.8) is 0 Å². The van der Waals surface area contributed by atoms with Gasteiger partial charge in [0.05, 0.1) is 6.10 Å². The minimum Gasteiger partial charge on any atom is -0.391 e. The summed E-state index contributed by atoms with van der Waals surface area (Å²) in [4.78, 5) is 12.3. The van der Waals surface area contributed by atoms with Gasteiger partial charge in [-0.2, -0.15) is 0 Å². The molecule has 4 heterocycles. The number of hydrogen-bond acceptors (Lipinski definition) is 5. The van der Waals surface area contributed by atoms with Gasteiger partial charge in [0.1, 0.15) is 0 Å². The second-order valence-corrected chi connectivity index (χ2v) is 7.53.